The molecule has 0 bridgehead atoms. The Kier molecular flexibility index (Phi) is 4.88. The van der Waals surface area contributed by atoms with Crippen molar-refractivity contribution in [2.24, 2.45) is 0 Å². The summed E-state index contributed by atoms with van der Waals surface area (Å²) in [5.41, 5.74) is 0.739. The first-order valence-electron chi connectivity index (χ1n) is 7.68. The van der Waals surface area contributed by atoms with Crippen molar-refractivity contribution in [3.63, 3.8) is 0 Å². The fourth-order valence-corrected chi connectivity index (χ4v) is 2.26. The van der Waals surface area contributed by atoms with Crippen LogP contribution in [0.3, 0.4) is 0 Å². The van der Waals surface area contributed by atoms with Gasteiger partial charge in [0.2, 0.25) is 0 Å². The van der Waals surface area contributed by atoms with Crippen molar-refractivity contribution in [2.75, 3.05) is 10.6 Å². The number of amides is 1. The number of hydrogen-bond acceptors (Lipinski definition) is 3. The van der Waals surface area contributed by atoms with E-state index in [2.05, 4.69) is 15.6 Å². The zero-order valence-electron chi connectivity index (χ0n) is 13.4. The predicted molar refractivity (Wildman–Crippen MR) is 93.4 cm³/mol. The number of benzene rings is 2. The Labute approximate surface area is 147 Å². The number of rotatable bonds is 4. The second kappa shape index (κ2) is 7.26. The van der Waals surface area contributed by atoms with Gasteiger partial charge in [-0.2, -0.15) is 13.2 Å². The van der Waals surface area contributed by atoms with Crippen molar-refractivity contribution in [1.82, 2.24) is 4.98 Å². The molecule has 3 rings (SSSR count). The van der Waals surface area contributed by atoms with Crippen LogP contribution in [0.5, 0.6) is 0 Å². The Morgan fingerprint density at radius 3 is 2.23 bits per heavy atom. The number of carbonyl (C=O) groups is 1. The molecule has 0 spiro atoms. The number of hydrogen-bond donors (Lipinski definition) is 2. The highest BCUT2D eigenvalue weighted by Gasteiger charge is 2.29. The molecule has 3 aromatic rings. The molecule has 1 amide bonds. The summed E-state index contributed by atoms with van der Waals surface area (Å²) in [5, 5.41) is 5.64. The van der Waals surface area contributed by atoms with Gasteiger partial charge in [-0.3, -0.25) is 4.79 Å². The maximum absolute atomic E-state index is 12.6. The quantitative estimate of drug-likeness (QED) is 0.683. The first kappa shape index (κ1) is 17.5. The zero-order chi connectivity index (χ0) is 18.6. The highest BCUT2D eigenvalue weighted by atomic mass is 19.4. The number of para-hydroxylation sites is 1. The number of carbonyl (C=O) groups excluding carboxylic acids is 1. The van der Waals surface area contributed by atoms with Crippen LogP contribution < -0.4 is 10.6 Å². The molecule has 2 aromatic carbocycles. The fraction of sp³-hybridized carbons (Fsp3) is 0.0526. The van der Waals surface area contributed by atoms with Crippen LogP contribution in [0.25, 0.3) is 0 Å². The Bertz CT molecular complexity index is 894. The van der Waals surface area contributed by atoms with E-state index in [-0.39, 0.29) is 5.91 Å². The maximum Gasteiger partial charge on any atom is 0.416 e. The first-order valence-corrected chi connectivity index (χ1v) is 7.68. The highest BCUT2D eigenvalue weighted by molar-refractivity contribution is 6.04. The topological polar surface area (TPSA) is 54.0 Å². The van der Waals surface area contributed by atoms with Crippen LogP contribution in [0, 0.1) is 0 Å². The minimum absolute atomic E-state index is 0.311. The van der Waals surface area contributed by atoms with Crippen LogP contribution in [-0.4, -0.2) is 10.9 Å². The van der Waals surface area contributed by atoms with Crippen LogP contribution >= 0.6 is 0 Å². The molecule has 0 unspecified atom stereocenters. The first-order chi connectivity index (χ1) is 12.4. The molecule has 0 atom stereocenters. The number of alkyl halides is 3. The standard InChI is InChI=1S/C19H14F3N3O/c20-19(21,22)14-6-8-16(9-7-14)24-17-12-13(10-11-23-17)18(26)25-15-4-2-1-3-5-15/h1-12H,(H,23,24)(H,25,26). The largest absolute Gasteiger partial charge is 0.416 e. The lowest BCUT2D eigenvalue weighted by molar-refractivity contribution is -0.137. The molecule has 4 nitrogen and oxygen atoms in total. The van der Waals surface area contributed by atoms with Crippen LogP contribution in [0.2, 0.25) is 0 Å². The summed E-state index contributed by atoms with van der Waals surface area (Å²) in [5.74, 6) is 0.0412. The summed E-state index contributed by atoms with van der Waals surface area (Å²) in [6, 6.07) is 16.6. The lowest BCUT2D eigenvalue weighted by Gasteiger charge is -2.10. The summed E-state index contributed by atoms with van der Waals surface area (Å²) < 4.78 is 37.8. The van der Waals surface area contributed by atoms with Crippen molar-refractivity contribution >= 4 is 23.1 Å². The predicted octanol–water partition coefficient (Wildman–Crippen LogP) is 5.10. The zero-order valence-corrected chi connectivity index (χ0v) is 13.4. The summed E-state index contributed by atoms with van der Waals surface area (Å²) >= 11 is 0. The summed E-state index contributed by atoms with van der Waals surface area (Å²) in [4.78, 5) is 16.4. The van der Waals surface area contributed by atoms with E-state index in [4.69, 9.17) is 0 Å². The Hall–Kier alpha value is -3.35. The van der Waals surface area contributed by atoms with Crippen molar-refractivity contribution in [2.45, 2.75) is 6.18 Å². The molecule has 1 heterocycles. The third-order valence-corrected chi connectivity index (χ3v) is 3.54. The van der Waals surface area contributed by atoms with Gasteiger partial charge in [-0.05, 0) is 48.5 Å². The van der Waals surface area contributed by atoms with Crippen LogP contribution in [0.1, 0.15) is 15.9 Å². The van der Waals surface area contributed by atoms with Crippen LogP contribution in [0.15, 0.2) is 72.9 Å². The lowest BCUT2D eigenvalue weighted by Crippen LogP contribution is -2.12. The molecule has 26 heavy (non-hydrogen) atoms. The van der Waals surface area contributed by atoms with E-state index in [1.165, 1.54) is 24.4 Å². The molecular formula is C19H14F3N3O. The minimum Gasteiger partial charge on any atom is -0.340 e. The molecule has 0 fully saturated rings. The number of anilines is 3. The van der Waals surface area contributed by atoms with Crippen molar-refractivity contribution in [3.8, 4) is 0 Å². The molecule has 0 saturated heterocycles. The van der Waals surface area contributed by atoms with Gasteiger partial charge >= 0.3 is 6.18 Å². The van der Waals surface area contributed by atoms with Gasteiger partial charge in [-0.1, -0.05) is 18.2 Å². The molecule has 132 valence electrons. The fourth-order valence-electron chi connectivity index (χ4n) is 2.26. The lowest BCUT2D eigenvalue weighted by atomic mass is 10.2. The van der Waals surface area contributed by atoms with Gasteiger partial charge in [0, 0.05) is 23.1 Å². The summed E-state index contributed by atoms with van der Waals surface area (Å²) in [7, 11) is 0. The number of aromatic nitrogens is 1. The van der Waals surface area contributed by atoms with Gasteiger partial charge in [-0.25, -0.2) is 4.98 Å². The smallest absolute Gasteiger partial charge is 0.340 e. The average Bonchev–Trinajstić information content (AvgIpc) is 2.62. The van der Waals surface area contributed by atoms with Gasteiger partial charge in [-0.15, -0.1) is 0 Å². The normalized spacial score (nSPS) is 11.0. The SMILES string of the molecule is O=C(Nc1ccccc1)c1ccnc(Nc2ccc(C(F)(F)F)cc2)c1. The van der Waals surface area contributed by atoms with E-state index >= 15 is 0 Å². The Balaban J connectivity index is 1.72. The van der Waals surface area contributed by atoms with E-state index in [0.717, 1.165) is 12.1 Å². The van der Waals surface area contributed by atoms with Gasteiger partial charge in [0.15, 0.2) is 0 Å². The molecular weight excluding hydrogens is 343 g/mol. The third-order valence-electron chi connectivity index (χ3n) is 3.54. The van der Waals surface area contributed by atoms with E-state index in [1.54, 1.807) is 30.3 Å². The molecule has 0 aliphatic heterocycles. The molecule has 0 saturated carbocycles. The van der Waals surface area contributed by atoms with Gasteiger partial charge in [0.1, 0.15) is 5.82 Å². The highest BCUT2D eigenvalue weighted by Crippen LogP contribution is 2.30. The maximum atomic E-state index is 12.6. The van der Waals surface area contributed by atoms with E-state index in [1.807, 2.05) is 6.07 Å². The van der Waals surface area contributed by atoms with Crippen LogP contribution in [-0.2, 0) is 6.18 Å². The molecule has 1 aromatic heterocycles. The number of nitrogens with zero attached hydrogens (tertiary/aromatic N) is 1. The summed E-state index contributed by atoms with van der Waals surface area (Å²) in [6.45, 7) is 0. The van der Waals surface area contributed by atoms with Gasteiger partial charge < -0.3 is 10.6 Å². The monoisotopic (exact) mass is 357 g/mol. The molecule has 2 N–H and O–H groups in total. The van der Waals surface area contributed by atoms with E-state index in [0.29, 0.717) is 22.8 Å². The number of nitrogens with one attached hydrogen (secondary N) is 2. The van der Waals surface area contributed by atoms with Gasteiger partial charge in [0.25, 0.3) is 5.91 Å². The van der Waals surface area contributed by atoms with Crippen molar-refractivity contribution < 1.29 is 18.0 Å². The van der Waals surface area contributed by atoms with E-state index in [9.17, 15) is 18.0 Å². The average molecular weight is 357 g/mol. The second-order valence-corrected chi connectivity index (χ2v) is 5.45. The Morgan fingerprint density at radius 2 is 1.58 bits per heavy atom. The van der Waals surface area contributed by atoms with Gasteiger partial charge in [0.05, 0.1) is 5.56 Å². The third kappa shape index (κ3) is 4.38. The molecule has 0 aliphatic rings. The molecule has 0 aliphatic carbocycles. The van der Waals surface area contributed by atoms with Crippen LogP contribution in [0.4, 0.5) is 30.4 Å². The number of halogens is 3. The van der Waals surface area contributed by atoms with Crippen molar-refractivity contribution in [3.05, 3.63) is 84.1 Å². The molecule has 7 heteroatoms. The van der Waals surface area contributed by atoms with E-state index < -0.39 is 11.7 Å². The van der Waals surface area contributed by atoms with Crippen molar-refractivity contribution in [1.29, 1.82) is 0 Å². The molecule has 0 radical (unpaired) electrons. The Morgan fingerprint density at radius 1 is 0.885 bits per heavy atom. The summed E-state index contributed by atoms with van der Waals surface area (Å²) in [6.07, 6.45) is -2.93. The second-order valence-electron chi connectivity index (χ2n) is 5.45. The number of pyridine rings is 1. The minimum atomic E-state index is -4.38.